The van der Waals surface area contributed by atoms with Crippen LogP contribution in [0, 0.1) is 0 Å². The van der Waals surface area contributed by atoms with Gasteiger partial charge < -0.3 is 20.3 Å². The van der Waals surface area contributed by atoms with E-state index in [1.165, 1.54) is 0 Å². The van der Waals surface area contributed by atoms with Crippen molar-refractivity contribution in [2.45, 2.75) is 26.1 Å². The van der Waals surface area contributed by atoms with Crippen molar-refractivity contribution in [1.82, 2.24) is 4.98 Å². The van der Waals surface area contributed by atoms with Crippen LogP contribution >= 0.6 is 0 Å². The molecule has 20 heavy (non-hydrogen) atoms. The molecule has 2 rings (SSSR count). The first kappa shape index (κ1) is 14.6. The SMILES string of the molecule is CC(C)Oc1ccc2c(OCC(O)CN)cccc2n1. The van der Waals surface area contributed by atoms with Crippen molar-refractivity contribution < 1.29 is 14.6 Å². The van der Waals surface area contributed by atoms with Crippen LogP contribution in [0.2, 0.25) is 0 Å². The van der Waals surface area contributed by atoms with Crippen molar-refractivity contribution in [2.75, 3.05) is 13.2 Å². The number of aliphatic hydroxyl groups is 1. The van der Waals surface area contributed by atoms with E-state index in [1.54, 1.807) is 0 Å². The summed E-state index contributed by atoms with van der Waals surface area (Å²) in [4.78, 5) is 4.43. The highest BCUT2D eigenvalue weighted by molar-refractivity contribution is 5.85. The lowest BCUT2D eigenvalue weighted by molar-refractivity contribution is 0.115. The molecule has 0 aliphatic carbocycles. The standard InChI is InChI=1S/C15H20N2O3/c1-10(2)20-15-7-6-12-13(17-15)4-3-5-14(12)19-9-11(18)8-16/h3-7,10-11,18H,8-9,16H2,1-2H3. The van der Waals surface area contributed by atoms with E-state index in [-0.39, 0.29) is 19.3 Å². The van der Waals surface area contributed by atoms with Gasteiger partial charge in [-0.2, -0.15) is 0 Å². The maximum absolute atomic E-state index is 9.45. The van der Waals surface area contributed by atoms with Gasteiger partial charge in [0.1, 0.15) is 18.5 Å². The minimum Gasteiger partial charge on any atom is -0.490 e. The fourth-order valence-electron chi connectivity index (χ4n) is 1.80. The maximum atomic E-state index is 9.45. The number of aromatic nitrogens is 1. The average Bonchev–Trinajstić information content (AvgIpc) is 2.43. The summed E-state index contributed by atoms with van der Waals surface area (Å²) in [5.74, 6) is 1.27. The van der Waals surface area contributed by atoms with Crippen molar-refractivity contribution >= 4 is 10.9 Å². The van der Waals surface area contributed by atoms with Crippen LogP contribution in [-0.2, 0) is 0 Å². The lowest BCUT2D eigenvalue weighted by atomic mass is 10.2. The lowest BCUT2D eigenvalue weighted by Crippen LogP contribution is -2.26. The number of ether oxygens (including phenoxy) is 2. The summed E-state index contributed by atoms with van der Waals surface area (Å²) in [7, 11) is 0. The second-order valence-corrected chi connectivity index (χ2v) is 4.84. The number of fused-ring (bicyclic) bond motifs is 1. The molecule has 3 N–H and O–H groups in total. The molecule has 0 aliphatic rings. The largest absolute Gasteiger partial charge is 0.490 e. The first-order chi connectivity index (χ1) is 9.60. The van der Waals surface area contributed by atoms with Crippen molar-refractivity contribution in [3.8, 4) is 11.6 Å². The highest BCUT2D eigenvalue weighted by Gasteiger charge is 2.08. The molecule has 0 fully saturated rings. The van der Waals surface area contributed by atoms with Crippen LogP contribution in [0.15, 0.2) is 30.3 Å². The van der Waals surface area contributed by atoms with Crippen LogP contribution in [-0.4, -0.2) is 35.5 Å². The molecule has 0 amide bonds. The Hall–Kier alpha value is -1.85. The molecule has 1 aromatic carbocycles. The minimum atomic E-state index is -0.665. The minimum absolute atomic E-state index is 0.0825. The molecule has 1 atom stereocenters. The zero-order valence-corrected chi connectivity index (χ0v) is 11.7. The molecule has 0 bridgehead atoms. The highest BCUT2D eigenvalue weighted by atomic mass is 16.5. The Labute approximate surface area is 118 Å². The summed E-state index contributed by atoms with van der Waals surface area (Å²) in [6, 6.07) is 9.32. The monoisotopic (exact) mass is 276 g/mol. The normalized spacial score (nSPS) is 12.7. The quantitative estimate of drug-likeness (QED) is 0.840. The summed E-state index contributed by atoms with van der Waals surface area (Å²) >= 11 is 0. The van der Waals surface area contributed by atoms with Gasteiger partial charge in [-0.1, -0.05) is 6.07 Å². The van der Waals surface area contributed by atoms with Crippen LogP contribution in [0.1, 0.15) is 13.8 Å². The van der Waals surface area contributed by atoms with Gasteiger partial charge in [0, 0.05) is 18.0 Å². The van der Waals surface area contributed by atoms with Gasteiger partial charge in [0.05, 0.1) is 11.6 Å². The Morgan fingerprint density at radius 3 is 2.75 bits per heavy atom. The van der Waals surface area contributed by atoms with Crippen molar-refractivity contribution in [1.29, 1.82) is 0 Å². The van der Waals surface area contributed by atoms with Gasteiger partial charge >= 0.3 is 0 Å². The van der Waals surface area contributed by atoms with Crippen LogP contribution in [0.5, 0.6) is 11.6 Å². The Morgan fingerprint density at radius 2 is 2.05 bits per heavy atom. The smallest absolute Gasteiger partial charge is 0.214 e. The molecule has 5 heteroatoms. The van der Waals surface area contributed by atoms with Gasteiger partial charge in [0.2, 0.25) is 5.88 Å². The van der Waals surface area contributed by atoms with Crippen LogP contribution in [0.4, 0.5) is 0 Å². The van der Waals surface area contributed by atoms with Gasteiger partial charge in [-0.3, -0.25) is 0 Å². The number of hydrogen-bond donors (Lipinski definition) is 2. The van der Waals surface area contributed by atoms with E-state index < -0.39 is 6.10 Å². The molecule has 5 nitrogen and oxygen atoms in total. The first-order valence-corrected chi connectivity index (χ1v) is 6.67. The average molecular weight is 276 g/mol. The summed E-state index contributed by atoms with van der Waals surface area (Å²) < 4.78 is 11.2. The molecule has 1 unspecified atom stereocenters. The molecule has 2 aromatic rings. The number of pyridine rings is 1. The van der Waals surface area contributed by atoms with E-state index in [9.17, 15) is 5.11 Å². The predicted molar refractivity (Wildman–Crippen MR) is 78.1 cm³/mol. The summed E-state index contributed by atoms with van der Waals surface area (Å²) in [6.45, 7) is 4.26. The van der Waals surface area contributed by atoms with E-state index in [0.717, 1.165) is 10.9 Å². The number of nitrogens with zero attached hydrogens (tertiary/aromatic N) is 1. The number of benzene rings is 1. The van der Waals surface area contributed by atoms with E-state index in [1.807, 2.05) is 44.2 Å². The summed E-state index contributed by atoms with van der Waals surface area (Å²) in [5.41, 5.74) is 6.15. The van der Waals surface area contributed by atoms with Crippen LogP contribution in [0.3, 0.4) is 0 Å². The number of hydrogen-bond acceptors (Lipinski definition) is 5. The molecule has 0 radical (unpaired) electrons. The predicted octanol–water partition coefficient (Wildman–Crippen LogP) is 1.72. The third kappa shape index (κ3) is 3.59. The zero-order valence-electron chi connectivity index (χ0n) is 11.7. The van der Waals surface area contributed by atoms with E-state index in [4.69, 9.17) is 15.2 Å². The molecule has 1 heterocycles. The van der Waals surface area contributed by atoms with Gasteiger partial charge in [-0.05, 0) is 32.0 Å². The molecule has 0 spiro atoms. The third-order valence-electron chi connectivity index (χ3n) is 2.73. The molecule has 108 valence electrons. The fourth-order valence-corrected chi connectivity index (χ4v) is 1.80. The van der Waals surface area contributed by atoms with Crippen molar-refractivity contribution in [2.24, 2.45) is 5.73 Å². The van der Waals surface area contributed by atoms with Crippen molar-refractivity contribution in [3.05, 3.63) is 30.3 Å². The van der Waals surface area contributed by atoms with Gasteiger partial charge in [-0.25, -0.2) is 4.98 Å². The molecule has 0 saturated carbocycles. The Bertz CT molecular complexity index is 572. The second kappa shape index (κ2) is 6.54. The third-order valence-corrected chi connectivity index (χ3v) is 2.73. The molecule has 1 aromatic heterocycles. The Morgan fingerprint density at radius 1 is 1.25 bits per heavy atom. The van der Waals surface area contributed by atoms with Crippen LogP contribution in [0.25, 0.3) is 10.9 Å². The Kier molecular flexibility index (Phi) is 4.76. The van der Waals surface area contributed by atoms with Crippen molar-refractivity contribution in [3.63, 3.8) is 0 Å². The Balaban J connectivity index is 2.24. The number of rotatable bonds is 6. The highest BCUT2D eigenvalue weighted by Crippen LogP contribution is 2.26. The zero-order chi connectivity index (χ0) is 14.5. The van der Waals surface area contributed by atoms with Crippen LogP contribution < -0.4 is 15.2 Å². The summed E-state index contributed by atoms with van der Waals surface area (Å²) in [5, 5.41) is 10.3. The fraction of sp³-hybridized carbons (Fsp3) is 0.400. The summed E-state index contributed by atoms with van der Waals surface area (Å²) in [6.07, 6.45) is -0.583. The maximum Gasteiger partial charge on any atom is 0.214 e. The van der Waals surface area contributed by atoms with E-state index >= 15 is 0 Å². The topological polar surface area (TPSA) is 77.6 Å². The number of aliphatic hydroxyl groups excluding tert-OH is 1. The second-order valence-electron chi connectivity index (χ2n) is 4.84. The first-order valence-electron chi connectivity index (χ1n) is 6.67. The van der Waals surface area contributed by atoms with E-state index in [0.29, 0.717) is 11.6 Å². The van der Waals surface area contributed by atoms with Gasteiger partial charge in [0.15, 0.2) is 0 Å². The van der Waals surface area contributed by atoms with Gasteiger partial charge in [-0.15, -0.1) is 0 Å². The van der Waals surface area contributed by atoms with E-state index in [2.05, 4.69) is 4.98 Å². The van der Waals surface area contributed by atoms with Gasteiger partial charge in [0.25, 0.3) is 0 Å². The molecular formula is C15H20N2O3. The number of nitrogens with two attached hydrogens (primary N) is 1. The lowest BCUT2D eigenvalue weighted by Gasteiger charge is -2.13. The molecule has 0 aliphatic heterocycles. The molecular weight excluding hydrogens is 256 g/mol. The molecule has 0 saturated heterocycles.